The largest absolute Gasteiger partial charge is 0.496 e. The lowest BCUT2D eigenvalue weighted by molar-refractivity contribution is 0.347. The first kappa shape index (κ1) is 18.1. The fourth-order valence-electron chi connectivity index (χ4n) is 2.58. The van der Waals surface area contributed by atoms with E-state index in [0.717, 1.165) is 17.7 Å². The van der Waals surface area contributed by atoms with Crippen LogP contribution in [0.4, 0.5) is 4.39 Å². The zero-order valence-corrected chi connectivity index (χ0v) is 14.6. The highest BCUT2D eigenvalue weighted by Gasteiger charge is 2.11. The normalized spacial score (nSPS) is 10.5. The first-order valence-corrected chi connectivity index (χ1v) is 7.84. The molecule has 0 aromatic heterocycles. The Morgan fingerprint density at radius 1 is 0.917 bits per heavy atom. The van der Waals surface area contributed by atoms with E-state index in [2.05, 4.69) is 5.32 Å². The third-order valence-electron chi connectivity index (χ3n) is 3.94. The number of hydrogen-bond acceptors (Lipinski definition) is 4. The van der Waals surface area contributed by atoms with Crippen LogP contribution in [0.15, 0.2) is 30.3 Å². The fraction of sp³-hybridized carbons (Fsp3) is 0.368. The smallest absolute Gasteiger partial charge is 0.164 e. The second-order valence-electron chi connectivity index (χ2n) is 5.49. The number of ether oxygens (including phenoxy) is 3. The summed E-state index contributed by atoms with van der Waals surface area (Å²) in [5, 5.41) is 3.27. The topological polar surface area (TPSA) is 39.7 Å². The maximum absolute atomic E-state index is 14.0. The first-order valence-electron chi connectivity index (χ1n) is 7.84. The van der Waals surface area contributed by atoms with Crippen LogP contribution in [-0.2, 0) is 13.0 Å². The van der Waals surface area contributed by atoms with Crippen molar-refractivity contribution < 1.29 is 18.6 Å². The van der Waals surface area contributed by atoms with Gasteiger partial charge >= 0.3 is 0 Å². The molecule has 4 nitrogen and oxygen atoms in total. The van der Waals surface area contributed by atoms with Gasteiger partial charge in [0.05, 0.1) is 21.3 Å². The highest BCUT2D eigenvalue weighted by atomic mass is 19.1. The van der Waals surface area contributed by atoms with Gasteiger partial charge in [-0.1, -0.05) is 18.2 Å². The first-order chi connectivity index (χ1) is 11.6. The Morgan fingerprint density at radius 2 is 1.58 bits per heavy atom. The standard InChI is InChI=1S/C19H24FNO3/c1-13-6-5-7-15(19(13)20)12-21-9-8-14-10-17(23-3)18(24-4)11-16(14)22-2/h5-7,10-11,21H,8-9,12H2,1-4H3. The number of nitrogens with one attached hydrogen (secondary N) is 1. The molecule has 24 heavy (non-hydrogen) atoms. The molecule has 1 N–H and O–H groups in total. The zero-order chi connectivity index (χ0) is 17.5. The Bertz CT molecular complexity index is 689. The maximum atomic E-state index is 14.0. The summed E-state index contributed by atoms with van der Waals surface area (Å²) in [6.07, 6.45) is 0.733. The van der Waals surface area contributed by atoms with Crippen LogP contribution in [0.1, 0.15) is 16.7 Å². The van der Waals surface area contributed by atoms with Crippen LogP contribution in [0.2, 0.25) is 0 Å². The van der Waals surface area contributed by atoms with Crippen LogP contribution in [0.5, 0.6) is 17.2 Å². The molecule has 0 radical (unpaired) electrons. The molecule has 2 aromatic carbocycles. The minimum Gasteiger partial charge on any atom is -0.496 e. The summed E-state index contributed by atoms with van der Waals surface area (Å²) < 4.78 is 30.0. The van der Waals surface area contributed by atoms with E-state index in [0.29, 0.717) is 35.7 Å². The molecule has 0 heterocycles. The van der Waals surface area contributed by atoms with Crippen molar-refractivity contribution in [2.45, 2.75) is 19.9 Å². The van der Waals surface area contributed by atoms with E-state index < -0.39 is 0 Å². The van der Waals surface area contributed by atoms with Crippen molar-refractivity contribution >= 4 is 0 Å². The average Bonchev–Trinajstić information content (AvgIpc) is 2.61. The van der Waals surface area contributed by atoms with Gasteiger partial charge in [0, 0.05) is 18.2 Å². The van der Waals surface area contributed by atoms with Gasteiger partial charge in [0.1, 0.15) is 11.6 Å². The van der Waals surface area contributed by atoms with Gasteiger partial charge in [-0.15, -0.1) is 0 Å². The molecular formula is C19H24FNO3. The quantitative estimate of drug-likeness (QED) is 0.751. The molecule has 0 fully saturated rings. The summed E-state index contributed by atoms with van der Waals surface area (Å²) in [6, 6.07) is 9.16. The molecule has 0 amide bonds. The van der Waals surface area contributed by atoms with Gasteiger partial charge < -0.3 is 19.5 Å². The summed E-state index contributed by atoms with van der Waals surface area (Å²) in [5.74, 6) is 1.90. The molecule has 0 saturated carbocycles. The molecule has 0 saturated heterocycles. The summed E-state index contributed by atoms with van der Waals surface area (Å²) in [6.45, 7) is 2.95. The summed E-state index contributed by atoms with van der Waals surface area (Å²) in [7, 11) is 4.82. The average molecular weight is 333 g/mol. The molecule has 0 unspecified atom stereocenters. The maximum Gasteiger partial charge on any atom is 0.164 e. The molecule has 0 spiro atoms. The van der Waals surface area contributed by atoms with Gasteiger partial charge in [-0.05, 0) is 37.1 Å². The van der Waals surface area contributed by atoms with Gasteiger partial charge in [0.25, 0.3) is 0 Å². The lowest BCUT2D eigenvalue weighted by atomic mass is 10.1. The number of hydrogen-bond donors (Lipinski definition) is 1. The van der Waals surface area contributed by atoms with Crippen LogP contribution in [0, 0.1) is 12.7 Å². The Hall–Kier alpha value is -2.27. The minimum absolute atomic E-state index is 0.145. The molecule has 0 aliphatic carbocycles. The highest BCUT2D eigenvalue weighted by Crippen LogP contribution is 2.34. The number of benzene rings is 2. The summed E-state index contributed by atoms with van der Waals surface area (Å²) >= 11 is 0. The van der Waals surface area contributed by atoms with Gasteiger partial charge in [-0.3, -0.25) is 0 Å². The predicted octanol–water partition coefficient (Wildman–Crippen LogP) is 3.49. The van der Waals surface area contributed by atoms with Crippen molar-refractivity contribution in [2.24, 2.45) is 0 Å². The molecule has 0 bridgehead atoms. The molecule has 130 valence electrons. The number of rotatable bonds is 8. The number of methoxy groups -OCH3 is 3. The Kier molecular flexibility index (Phi) is 6.44. The van der Waals surface area contributed by atoms with E-state index in [-0.39, 0.29) is 5.82 Å². The van der Waals surface area contributed by atoms with Gasteiger partial charge in [-0.2, -0.15) is 0 Å². The number of halogens is 1. The van der Waals surface area contributed by atoms with Crippen molar-refractivity contribution in [3.63, 3.8) is 0 Å². The second-order valence-corrected chi connectivity index (χ2v) is 5.49. The monoisotopic (exact) mass is 333 g/mol. The van der Waals surface area contributed by atoms with Crippen LogP contribution in [-0.4, -0.2) is 27.9 Å². The van der Waals surface area contributed by atoms with Gasteiger partial charge in [0.2, 0.25) is 0 Å². The Labute approximate surface area is 142 Å². The lowest BCUT2D eigenvalue weighted by Gasteiger charge is -2.14. The fourth-order valence-corrected chi connectivity index (χ4v) is 2.58. The third kappa shape index (κ3) is 4.17. The zero-order valence-electron chi connectivity index (χ0n) is 14.6. The van der Waals surface area contributed by atoms with Crippen LogP contribution in [0.25, 0.3) is 0 Å². The molecule has 0 aliphatic rings. The highest BCUT2D eigenvalue weighted by molar-refractivity contribution is 5.50. The van der Waals surface area contributed by atoms with Crippen LogP contribution >= 0.6 is 0 Å². The third-order valence-corrected chi connectivity index (χ3v) is 3.94. The lowest BCUT2D eigenvalue weighted by Crippen LogP contribution is -2.18. The van der Waals surface area contributed by atoms with Crippen molar-refractivity contribution in [2.75, 3.05) is 27.9 Å². The van der Waals surface area contributed by atoms with E-state index in [1.54, 1.807) is 40.4 Å². The SMILES string of the molecule is COc1cc(OC)c(OC)cc1CCNCc1cccc(C)c1F. The Morgan fingerprint density at radius 3 is 2.25 bits per heavy atom. The summed E-state index contributed by atoms with van der Waals surface area (Å²) in [4.78, 5) is 0. The Balaban J connectivity index is 2.00. The summed E-state index contributed by atoms with van der Waals surface area (Å²) in [5.41, 5.74) is 2.34. The van der Waals surface area contributed by atoms with E-state index in [9.17, 15) is 4.39 Å². The molecule has 2 rings (SSSR count). The van der Waals surface area contributed by atoms with Gasteiger partial charge in [-0.25, -0.2) is 4.39 Å². The van der Waals surface area contributed by atoms with E-state index in [1.165, 1.54) is 0 Å². The minimum atomic E-state index is -0.145. The van der Waals surface area contributed by atoms with Crippen molar-refractivity contribution in [3.8, 4) is 17.2 Å². The molecule has 0 aliphatic heterocycles. The second kappa shape index (κ2) is 8.55. The van der Waals surface area contributed by atoms with Gasteiger partial charge in [0.15, 0.2) is 11.5 Å². The predicted molar refractivity (Wildman–Crippen MR) is 92.6 cm³/mol. The van der Waals surface area contributed by atoms with Crippen LogP contribution in [0.3, 0.4) is 0 Å². The van der Waals surface area contributed by atoms with E-state index >= 15 is 0 Å². The molecule has 5 heteroatoms. The van der Waals surface area contributed by atoms with Crippen LogP contribution < -0.4 is 19.5 Å². The van der Waals surface area contributed by atoms with E-state index in [4.69, 9.17) is 14.2 Å². The van der Waals surface area contributed by atoms with E-state index in [1.807, 2.05) is 18.2 Å². The number of aryl methyl sites for hydroxylation is 1. The molecule has 0 atom stereocenters. The van der Waals surface area contributed by atoms with Crippen molar-refractivity contribution in [1.29, 1.82) is 0 Å². The molecular weight excluding hydrogens is 309 g/mol. The van der Waals surface area contributed by atoms with Crippen molar-refractivity contribution in [3.05, 3.63) is 52.8 Å². The van der Waals surface area contributed by atoms with Crippen molar-refractivity contribution in [1.82, 2.24) is 5.32 Å². The molecule has 2 aromatic rings.